The minimum atomic E-state index is 0.153. The molecular formula is C9H12N2OS. The zero-order chi connectivity index (χ0) is 9.68. The Labute approximate surface area is 82.0 Å². The summed E-state index contributed by atoms with van der Waals surface area (Å²) >= 11 is 1.32. The molecule has 1 aromatic rings. The van der Waals surface area contributed by atoms with Gasteiger partial charge in [-0.2, -0.15) is 0 Å². The largest absolute Gasteiger partial charge is 0.288 e. The molecule has 0 atom stereocenters. The first-order valence-electron chi connectivity index (χ1n) is 4.09. The molecule has 0 N–H and O–H groups in total. The minimum absolute atomic E-state index is 0.153. The van der Waals surface area contributed by atoms with E-state index in [-0.39, 0.29) is 5.12 Å². The zero-order valence-corrected chi connectivity index (χ0v) is 8.60. The van der Waals surface area contributed by atoms with Crippen LogP contribution in [0.3, 0.4) is 0 Å². The van der Waals surface area contributed by atoms with Gasteiger partial charge in [0.1, 0.15) is 0 Å². The predicted molar refractivity (Wildman–Crippen MR) is 53.6 cm³/mol. The van der Waals surface area contributed by atoms with Crippen molar-refractivity contribution in [1.29, 1.82) is 0 Å². The maximum atomic E-state index is 10.6. The fraction of sp³-hybridized carbons (Fsp3) is 0.444. The number of carbonyl (C=O) groups excluding carboxylic acids is 1. The zero-order valence-electron chi connectivity index (χ0n) is 7.78. The van der Waals surface area contributed by atoms with Crippen molar-refractivity contribution in [2.24, 2.45) is 0 Å². The molecule has 13 heavy (non-hydrogen) atoms. The Morgan fingerprint density at radius 1 is 1.46 bits per heavy atom. The highest BCUT2D eigenvalue weighted by Crippen LogP contribution is 2.04. The van der Waals surface area contributed by atoms with Crippen LogP contribution in [-0.2, 0) is 11.2 Å². The van der Waals surface area contributed by atoms with Crippen LogP contribution in [0.4, 0.5) is 0 Å². The highest BCUT2D eigenvalue weighted by Gasteiger charge is 1.97. The van der Waals surface area contributed by atoms with Crippen LogP contribution in [0.5, 0.6) is 0 Å². The van der Waals surface area contributed by atoms with Gasteiger partial charge >= 0.3 is 0 Å². The van der Waals surface area contributed by atoms with Crippen molar-refractivity contribution in [1.82, 2.24) is 9.97 Å². The van der Waals surface area contributed by atoms with Crippen LogP contribution in [-0.4, -0.2) is 20.8 Å². The molecule has 0 aliphatic heterocycles. The molecule has 0 bridgehead atoms. The van der Waals surface area contributed by atoms with Gasteiger partial charge in [-0.3, -0.25) is 14.8 Å². The predicted octanol–water partition coefficient (Wildman–Crippen LogP) is 1.61. The molecule has 0 amide bonds. The van der Waals surface area contributed by atoms with E-state index >= 15 is 0 Å². The molecule has 0 saturated heterocycles. The number of carbonyl (C=O) groups is 1. The van der Waals surface area contributed by atoms with E-state index in [0.29, 0.717) is 0 Å². The molecule has 1 heterocycles. The highest BCUT2D eigenvalue weighted by molar-refractivity contribution is 8.13. The van der Waals surface area contributed by atoms with Crippen molar-refractivity contribution < 1.29 is 4.79 Å². The maximum Gasteiger partial charge on any atom is 0.185 e. The summed E-state index contributed by atoms with van der Waals surface area (Å²) in [6, 6.07) is 0. The van der Waals surface area contributed by atoms with Gasteiger partial charge in [-0.1, -0.05) is 11.8 Å². The van der Waals surface area contributed by atoms with Gasteiger partial charge in [-0.25, -0.2) is 0 Å². The first kappa shape index (κ1) is 10.2. The van der Waals surface area contributed by atoms with Crippen LogP contribution in [0.15, 0.2) is 12.4 Å². The lowest BCUT2D eigenvalue weighted by Gasteiger charge is -1.98. The molecule has 4 heteroatoms. The third-order valence-corrected chi connectivity index (χ3v) is 2.31. The molecule has 0 unspecified atom stereocenters. The van der Waals surface area contributed by atoms with E-state index in [1.807, 2.05) is 6.92 Å². The minimum Gasteiger partial charge on any atom is -0.288 e. The summed E-state index contributed by atoms with van der Waals surface area (Å²) in [7, 11) is 0. The topological polar surface area (TPSA) is 42.9 Å². The van der Waals surface area contributed by atoms with Crippen molar-refractivity contribution in [2.45, 2.75) is 20.3 Å². The third-order valence-electron chi connectivity index (χ3n) is 1.50. The lowest BCUT2D eigenvalue weighted by molar-refractivity contribution is -0.109. The number of aromatic nitrogens is 2. The first-order valence-corrected chi connectivity index (χ1v) is 5.08. The van der Waals surface area contributed by atoms with E-state index in [4.69, 9.17) is 0 Å². The monoisotopic (exact) mass is 196 g/mol. The molecule has 0 saturated carbocycles. The summed E-state index contributed by atoms with van der Waals surface area (Å²) in [6.45, 7) is 3.48. The fourth-order valence-electron chi connectivity index (χ4n) is 0.848. The Morgan fingerprint density at radius 2 is 2.23 bits per heavy atom. The van der Waals surface area contributed by atoms with E-state index in [2.05, 4.69) is 9.97 Å². The van der Waals surface area contributed by atoms with Gasteiger partial charge in [0.05, 0.1) is 11.4 Å². The Morgan fingerprint density at radius 3 is 2.77 bits per heavy atom. The lowest BCUT2D eigenvalue weighted by atomic mass is 10.3. The number of rotatable bonds is 3. The average Bonchev–Trinajstić information content (AvgIpc) is 2.08. The number of thioether (sulfide) groups is 1. The van der Waals surface area contributed by atoms with Crippen molar-refractivity contribution in [2.75, 3.05) is 5.75 Å². The maximum absolute atomic E-state index is 10.6. The van der Waals surface area contributed by atoms with Gasteiger partial charge in [-0.15, -0.1) is 0 Å². The molecule has 0 radical (unpaired) electrons. The summed E-state index contributed by atoms with van der Waals surface area (Å²) in [6.07, 6.45) is 4.31. The summed E-state index contributed by atoms with van der Waals surface area (Å²) in [4.78, 5) is 18.9. The van der Waals surface area contributed by atoms with Crippen LogP contribution < -0.4 is 0 Å². The molecule has 0 fully saturated rings. The number of hydrogen-bond acceptors (Lipinski definition) is 4. The van der Waals surface area contributed by atoms with Crippen LogP contribution in [0.1, 0.15) is 18.3 Å². The van der Waals surface area contributed by atoms with Gasteiger partial charge in [0, 0.05) is 31.5 Å². The molecule has 0 aromatic carbocycles. The van der Waals surface area contributed by atoms with Crippen LogP contribution in [0.25, 0.3) is 0 Å². The fourth-order valence-corrected chi connectivity index (χ4v) is 1.45. The molecule has 70 valence electrons. The SMILES string of the molecule is CC(=O)SCCc1cnc(C)cn1. The van der Waals surface area contributed by atoms with Gasteiger partial charge in [0.25, 0.3) is 0 Å². The normalized spacial score (nSPS) is 10.0. The standard InChI is InChI=1S/C9H12N2OS/c1-7-5-11-9(6-10-7)3-4-13-8(2)12/h5-6H,3-4H2,1-2H3. The number of nitrogens with zero attached hydrogens (tertiary/aromatic N) is 2. The first-order chi connectivity index (χ1) is 6.18. The van der Waals surface area contributed by atoms with E-state index in [1.54, 1.807) is 19.3 Å². The third kappa shape index (κ3) is 4.03. The second-order valence-electron chi connectivity index (χ2n) is 2.74. The Balaban J connectivity index is 2.37. The highest BCUT2D eigenvalue weighted by atomic mass is 32.2. The van der Waals surface area contributed by atoms with E-state index < -0.39 is 0 Å². The van der Waals surface area contributed by atoms with Crippen molar-refractivity contribution in [3.63, 3.8) is 0 Å². The van der Waals surface area contributed by atoms with Crippen LogP contribution >= 0.6 is 11.8 Å². The summed E-state index contributed by atoms with van der Waals surface area (Å²) in [5.41, 5.74) is 1.86. The number of aryl methyl sites for hydroxylation is 2. The molecule has 0 aliphatic carbocycles. The molecule has 1 aromatic heterocycles. The second-order valence-corrected chi connectivity index (χ2v) is 4.01. The van der Waals surface area contributed by atoms with Crippen molar-refractivity contribution in [3.05, 3.63) is 23.8 Å². The van der Waals surface area contributed by atoms with E-state index in [0.717, 1.165) is 23.6 Å². The molecule has 0 spiro atoms. The quantitative estimate of drug-likeness (QED) is 0.736. The van der Waals surface area contributed by atoms with Crippen molar-refractivity contribution in [3.8, 4) is 0 Å². The van der Waals surface area contributed by atoms with Gasteiger partial charge < -0.3 is 0 Å². The summed E-state index contributed by atoms with van der Waals surface area (Å²) in [5, 5.41) is 0.153. The second kappa shape index (κ2) is 4.97. The van der Waals surface area contributed by atoms with E-state index in [1.165, 1.54) is 11.8 Å². The van der Waals surface area contributed by atoms with E-state index in [9.17, 15) is 4.79 Å². The number of hydrogen-bond donors (Lipinski definition) is 0. The smallest absolute Gasteiger partial charge is 0.185 e. The lowest BCUT2D eigenvalue weighted by Crippen LogP contribution is -1.96. The molecule has 1 rings (SSSR count). The van der Waals surface area contributed by atoms with Gasteiger partial charge in [0.2, 0.25) is 0 Å². The summed E-state index contributed by atoms with van der Waals surface area (Å²) < 4.78 is 0. The molecule has 0 aliphatic rings. The Kier molecular flexibility index (Phi) is 3.89. The summed E-state index contributed by atoms with van der Waals surface area (Å²) in [5.74, 6) is 0.785. The molecule has 3 nitrogen and oxygen atoms in total. The van der Waals surface area contributed by atoms with Crippen molar-refractivity contribution >= 4 is 16.9 Å². The van der Waals surface area contributed by atoms with Crippen LogP contribution in [0.2, 0.25) is 0 Å². The van der Waals surface area contributed by atoms with Gasteiger partial charge in [0.15, 0.2) is 5.12 Å². The van der Waals surface area contributed by atoms with Gasteiger partial charge in [-0.05, 0) is 6.92 Å². The van der Waals surface area contributed by atoms with Crippen LogP contribution in [0, 0.1) is 6.92 Å². The Bertz CT molecular complexity index is 284. The molecular weight excluding hydrogens is 184 g/mol. The average molecular weight is 196 g/mol. The Hall–Kier alpha value is -0.900.